The Labute approximate surface area is 139 Å². The lowest BCUT2D eigenvalue weighted by molar-refractivity contribution is 0.0680. The molecule has 25 heavy (non-hydrogen) atoms. The average Bonchev–Trinajstić information content (AvgIpc) is 2.92. The monoisotopic (exact) mass is 342 g/mol. The van der Waals surface area contributed by atoms with Crippen LogP contribution in [0, 0.1) is 0 Å². The van der Waals surface area contributed by atoms with Crippen molar-refractivity contribution in [2.75, 3.05) is 0 Å². The largest absolute Gasteiger partial charge is 0.478 e. The highest BCUT2D eigenvalue weighted by atomic mass is 16.4. The molecule has 8 nitrogen and oxygen atoms in total. The molecular formula is C17H10O8. The van der Waals surface area contributed by atoms with Crippen molar-refractivity contribution in [3.05, 3.63) is 57.6 Å². The van der Waals surface area contributed by atoms with Crippen molar-refractivity contribution in [3.63, 3.8) is 0 Å². The van der Waals surface area contributed by atoms with E-state index < -0.39 is 23.9 Å². The van der Waals surface area contributed by atoms with Gasteiger partial charge in [0, 0.05) is 17.5 Å². The normalized spacial score (nSPS) is 11.5. The SMILES string of the molecule is O=C(O)c1ccc(C(=O)O)c2c1Cc1c(C(=O)O)ccc(C(=O)O)c1-2. The first kappa shape index (κ1) is 16.2. The molecule has 0 unspecified atom stereocenters. The van der Waals surface area contributed by atoms with E-state index >= 15 is 0 Å². The van der Waals surface area contributed by atoms with Crippen LogP contribution in [0.3, 0.4) is 0 Å². The Bertz CT molecular complexity index is 907. The van der Waals surface area contributed by atoms with Gasteiger partial charge in [-0.25, -0.2) is 19.2 Å². The first-order valence-corrected chi connectivity index (χ1v) is 6.99. The van der Waals surface area contributed by atoms with Crippen LogP contribution in [-0.4, -0.2) is 44.3 Å². The Morgan fingerprint density at radius 1 is 0.560 bits per heavy atom. The summed E-state index contributed by atoms with van der Waals surface area (Å²) in [6, 6.07) is 4.41. The molecule has 0 radical (unpaired) electrons. The van der Waals surface area contributed by atoms with E-state index in [1.807, 2.05) is 0 Å². The van der Waals surface area contributed by atoms with Crippen LogP contribution in [-0.2, 0) is 6.42 Å². The maximum atomic E-state index is 11.5. The van der Waals surface area contributed by atoms with Gasteiger partial charge in [-0.3, -0.25) is 0 Å². The molecule has 0 heterocycles. The van der Waals surface area contributed by atoms with Gasteiger partial charge >= 0.3 is 23.9 Å². The van der Waals surface area contributed by atoms with Crippen LogP contribution in [0.1, 0.15) is 52.6 Å². The molecule has 0 atom stereocenters. The van der Waals surface area contributed by atoms with Gasteiger partial charge in [0.1, 0.15) is 0 Å². The summed E-state index contributed by atoms with van der Waals surface area (Å²) >= 11 is 0. The molecule has 1 aliphatic carbocycles. The van der Waals surface area contributed by atoms with Crippen molar-refractivity contribution in [3.8, 4) is 11.1 Å². The standard InChI is InChI=1S/C17H10O8/c18-14(19)6-1-3-8(16(22)23)12-10(6)5-11-7(15(20)21)2-4-9(13(11)12)17(24)25/h1-4H,5H2,(H,18,19)(H,20,21)(H,22,23)(H,24,25). The van der Waals surface area contributed by atoms with Crippen molar-refractivity contribution in [1.82, 2.24) is 0 Å². The van der Waals surface area contributed by atoms with Crippen LogP contribution in [0.4, 0.5) is 0 Å². The maximum Gasteiger partial charge on any atom is 0.336 e. The minimum atomic E-state index is -1.36. The van der Waals surface area contributed by atoms with E-state index in [1.165, 1.54) is 0 Å². The summed E-state index contributed by atoms with van der Waals surface area (Å²) in [5.74, 6) is -5.35. The summed E-state index contributed by atoms with van der Waals surface area (Å²) in [6.07, 6.45) is -0.170. The minimum absolute atomic E-state index is 0.0529. The number of carboxylic acid groups (broad SMARTS) is 4. The number of benzene rings is 2. The molecule has 126 valence electrons. The first-order valence-electron chi connectivity index (χ1n) is 6.99. The van der Waals surface area contributed by atoms with E-state index in [9.17, 15) is 39.6 Å². The number of hydrogen-bond acceptors (Lipinski definition) is 4. The van der Waals surface area contributed by atoms with Crippen LogP contribution in [0.5, 0.6) is 0 Å². The Morgan fingerprint density at radius 2 is 0.840 bits per heavy atom. The minimum Gasteiger partial charge on any atom is -0.478 e. The van der Waals surface area contributed by atoms with Crippen molar-refractivity contribution < 1.29 is 39.6 Å². The molecule has 0 aliphatic heterocycles. The topological polar surface area (TPSA) is 149 Å². The zero-order chi connectivity index (χ0) is 18.5. The van der Waals surface area contributed by atoms with Crippen molar-refractivity contribution in [1.29, 1.82) is 0 Å². The van der Waals surface area contributed by atoms with E-state index in [0.29, 0.717) is 0 Å². The Balaban J connectivity index is 2.49. The summed E-state index contributed by atoms with van der Waals surface area (Å²) in [5.41, 5.74) is -0.844. The smallest absolute Gasteiger partial charge is 0.336 e. The van der Waals surface area contributed by atoms with Gasteiger partial charge in [0.15, 0.2) is 0 Å². The van der Waals surface area contributed by atoms with Crippen LogP contribution < -0.4 is 0 Å². The summed E-state index contributed by atoms with van der Waals surface area (Å²) in [7, 11) is 0. The van der Waals surface area contributed by atoms with Crippen LogP contribution >= 0.6 is 0 Å². The second-order valence-corrected chi connectivity index (χ2v) is 5.43. The second-order valence-electron chi connectivity index (χ2n) is 5.43. The highest BCUT2D eigenvalue weighted by molar-refractivity contribution is 6.10. The molecule has 1 aliphatic rings. The number of carbonyl (C=O) groups is 4. The highest BCUT2D eigenvalue weighted by Crippen LogP contribution is 2.44. The van der Waals surface area contributed by atoms with Gasteiger partial charge in [-0.15, -0.1) is 0 Å². The lowest BCUT2D eigenvalue weighted by atomic mass is 9.92. The van der Waals surface area contributed by atoms with Crippen molar-refractivity contribution in [2.24, 2.45) is 0 Å². The zero-order valence-corrected chi connectivity index (χ0v) is 12.4. The molecule has 4 N–H and O–H groups in total. The molecule has 2 aromatic carbocycles. The molecular weight excluding hydrogens is 332 g/mol. The van der Waals surface area contributed by atoms with Crippen LogP contribution in [0.15, 0.2) is 24.3 Å². The molecule has 0 saturated heterocycles. The molecule has 2 aromatic rings. The van der Waals surface area contributed by atoms with E-state index in [0.717, 1.165) is 24.3 Å². The fraction of sp³-hybridized carbons (Fsp3) is 0.0588. The predicted octanol–water partition coefficient (Wildman–Crippen LogP) is 2.05. The quantitative estimate of drug-likeness (QED) is 0.563. The third-order valence-corrected chi connectivity index (χ3v) is 4.15. The summed E-state index contributed by atoms with van der Waals surface area (Å²) in [4.78, 5) is 46.0. The number of rotatable bonds is 4. The second kappa shape index (κ2) is 5.45. The molecule has 0 bridgehead atoms. The van der Waals surface area contributed by atoms with Gasteiger partial charge in [0.2, 0.25) is 0 Å². The molecule has 0 spiro atoms. The Morgan fingerprint density at radius 3 is 1.12 bits per heavy atom. The number of aromatic carboxylic acids is 4. The lowest BCUT2D eigenvalue weighted by Crippen LogP contribution is -2.08. The molecule has 0 amide bonds. The van der Waals surface area contributed by atoms with Gasteiger partial charge in [0.25, 0.3) is 0 Å². The first-order chi connectivity index (χ1) is 11.7. The summed E-state index contributed by atoms with van der Waals surface area (Å²) in [5, 5.41) is 37.5. The number of carboxylic acids is 4. The Hall–Kier alpha value is -3.68. The Kier molecular flexibility index (Phi) is 3.53. The lowest BCUT2D eigenvalue weighted by Gasteiger charge is -2.11. The maximum absolute atomic E-state index is 11.5. The molecule has 0 fully saturated rings. The van der Waals surface area contributed by atoms with E-state index in [4.69, 9.17) is 0 Å². The third kappa shape index (κ3) is 2.31. The van der Waals surface area contributed by atoms with E-state index in [1.54, 1.807) is 0 Å². The fourth-order valence-corrected chi connectivity index (χ4v) is 3.17. The summed E-state index contributed by atoms with van der Waals surface area (Å²) in [6.45, 7) is 0. The van der Waals surface area contributed by atoms with Gasteiger partial charge in [-0.2, -0.15) is 0 Å². The molecule has 8 heteroatoms. The van der Waals surface area contributed by atoms with Crippen LogP contribution in [0.2, 0.25) is 0 Å². The van der Waals surface area contributed by atoms with Crippen molar-refractivity contribution >= 4 is 23.9 Å². The van der Waals surface area contributed by atoms with Gasteiger partial charge < -0.3 is 20.4 Å². The molecule has 0 aromatic heterocycles. The van der Waals surface area contributed by atoms with Gasteiger partial charge in [-0.05, 0) is 35.4 Å². The number of fused-ring (bicyclic) bond motifs is 3. The zero-order valence-electron chi connectivity index (χ0n) is 12.4. The predicted molar refractivity (Wildman–Crippen MR) is 82.5 cm³/mol. The molecule has 0 saturated carbocycles. The molecule has 3 rings (SSSR count). The third-order valence-electron chi connectivity index (χ3n) is 4.15. The van der Waals surface area contributed by atoms with Gasteiger partial charge in [0.05, 0.1) is 22.3 Å². The average molecular weight is 342 g/mol. The van der Waals surface area contributed by atoms with Crippen LogP contribution in [0.25, 0.3) is 11.1 Å². The highest BCUT2D eigenvalue weighted by Gasteiger charge is 2.34. The fourth-order valence-electron chi connectivity index (χ4n) is 3.17. The summed E-state index contributed by atoms with van der Waals surface area (Å²) < 4.78 is 0. The van der Waals surface area contributed by atoms with Gasteiger partial charge in [-0.1, -0.05) is 0 Å². The van der Waals surface area contributed by atoms with E-state index in [-0.39, 0.29) is 50.9 Å². The number of hydrogen-bond donors (Lipinski definition) is 4. The van der Waals surface area contributed by atoms with E-state index in [2.05, 4.69) is 0 Å². The van der Waals surface area contributed by atoms with Crippen molar-refractivity contribution in [2.45, 2.75) is 6.42 Å².